The highest BCUT2D eigenvalue weighted by Crippen LogP contribution is 2.42. The first-order chi connectivity index (χ1) is 71.2. The van der Waals surface area contributed by atoms with Gasteiger partial charge in [0.05, 0.1) is 54.2 Å². The van der Waals surface area contributed by atoms with Crippen LogP contribution in [0.1, 0.15) is 310 Å². The number of methoxy groups -OCH3 is 3. The predicted molar refractivity (Wildman–Crippen MR) is 537 cm³/mol. The van der Waals surface area contributed by atoms with Crippen molar-refractivity contribution in [3.05, 3.63) is 253 Å². The second-order valence-corrected chi connectivity index (χ2v) is 38.4. The summed E-state index contributed by atoms with van der Waals surface area (Å²) in [6, 6.07) is 55.7. The lowest BCUT2D eigenvalue weighted by atomic mass is 9.82. The minimum Gasteiger partial charge on any atom is -0.497 e. The maximum Gasteiger partial charge on any atom is 0.490 e. The second kappa shape index (κ2) is 53.2. The van der Waals surface area contributed by atoms with Crippen LogP contribution in [0.4, 0.5) is 13.2 Å². The summed E-state index contributed by atoms with van der Waals surface area (Å²) in [5.41, 5.74) is 10.2. The van der Waals surface area contributed by atoms with Gasteiger partial charge >= 0.3 is 36.0 Å². The summed E-state index contributed by atoms with van der Waals surface area (Å²) in [6.45, 7) is 10.4. The molecule has 3 amide bonds. The van der Waals surface area contributed by atoms with E-state index in [1.165, 1.54) is 46.2 Å². The highest BCUT2D eigenvalue weighted by Gasteiger charge is 2.39. The first-order valence-electron chi connectivity index (χ1n) is 50.5. The third-order valence-corrected chi connectivity index (χ3v) is 28.2. The number of aromatic nitrogens is 12. The number of nitrogens with one attached hydrogen (secondary N) is 1. The van der Waals surface area contributed by atoms with Crippen molar-refractivity contribution in [1.29, 1.82) is 0 Å². The van der Waals surface area contributed by atoms with Crippen LogP contribution in [0.2, 0.25) is 0 Å². The van der Waals surface area contributed by atoms with Crippen molar-refractivity contribution in [2.75, 3.05) is 73.8 Å². The molecule has 4 N–H and O–H groups in total. The number of hydrogen-bond donors (Lipinski definition) is 4. The molecule has 4 saturated carbocycles. The molecule has 11 aromatic rings. The standard InChI is InChI=1S/C31H38N4O5.C29H34N4O5.C25H28BrN3O4.C21H26N4O4.C2HF3O2/c1-3-39-31(37)28-30(35(33-32-28)21-22-7-15-26(38-2)16-8-22)40-27-17-13-24(14-18-27)23-9-11-25(12-10-23)29(36)34-19-5-4-6-20-34;1-37-24-13-5-20(6-14-24)19-33-28(26(29(35)36)30-31-33)38-25-15-11-22(12-16-25)21-7-9-23(10-8-21)27(34)32-17-3-2-4-18-32;1-3-32-25(30)23-24(29(28-27-23)16-17-4-12-21(31-2)13-5-17)33-22-14-8-19(9-15-22)18-6-10-20(26)11-7-18;26-20(25-12-2-1-3-13-25)16-6-4-14(5-7-16)15-8-10-17(11-9-15)29-19-18(21(27)28)22-24-23-19;3-2(4,5)1(6)7/h7-12,15-16,24,27H,3-6,13-14,17-21H2,1-2H3;5-10,13-14,22,25H,2-4,11-12,15-19H2,1H3,(H,35,36);4-7,10-13,19,22H,3,8-9,14-16H2,1-2H3;4-7,15,17H,1-3,8-13H2,(H,27,28)(H,22,23,24);(H,6,7). The third-order valence-electron chi connectivity index (χ3n) is 27.6. The fraction of sp³-hybridized carbons (Fsp3) is 0.463. The number of H-pyrrole nitrogens is 1. The van der Waals surface area contributed by atoms with Gasteiger partial charge in [0.1, 0.15) is 41.7 Å². The topological polar surface area (TPSA) is 424 Å². The number of amides is 3. The molecule has 0 atom stereocenters. The Kier molecular flexibility index (Phi) is 39.2. The molecule has 0 radical (unpaired) electrons. The lowest BCUT2D eigenvalue weighted by molar-refractivity contribution is -0.192. The molecule has 0 bridgehead atoms. The van der Waals surface area contributed by atoms with Crippen LogP contribution in [0.3, 0.4) is 0 Å². The van der Waals surface area contributed by atoms with Crippen molar-refractivity contribution in [2.45, 2.75) is 248 Å². The van der Waals surface area contributed by atoms with Gasteiger partial charge in [-0.15, -0.1) is 15.3 Å². The largest absolute Gasteiger partial charge is 0.497 e. The first kappa shape index (κ1) is 108. The molecule has 7 fully saturated rings. The quantitative estimate of drug-likeness (QED) is 0.0304. The van der Waals surface area contributed by atoms with Gasteiger partial charge in [-0.25, -0.2) is 43.1 Å². The lowest BCUT2D eigenvalue weighted by Gasteiger charge is -2.29. The van der Waals surface area contributed by atoms with E-state index in [-0.39, 0.29) is 89.9 Å². The number of likely N-dealkylation sites (tertiary alicyclic amines) is 3. The molecule has 3 aliphatic heterocycles. The summed E-state index contributed by atoms with van der Waals surface area (Å²) >= 11 is 3.50. The Balaban J connectivity index is 0.000000152. The fourth-order valence-corrected chi connectivity index (χ4v) is 19.7. The summed E-state index contributed by atoms with van der Waals surface area (Å²) in [5.74, 6) is -0.699. The number of alkyl halides is 3. The molecule has 4 aliphatic carbocycles. The van der Waals surface area contributed by atoms with Gasteiger partial charge in [-0.2, -0.15) is 13.2 Å². The van der Waals surface area contributed by atoms with Crippen LogP contribution in [0.5, 0.6) is 40.8 Å². The summed E-state index contributed by atoms with van der Waals surface area (Å²) in [4.78, 5) is 101. The number of aromatic amines is 1. The number of carbonyl (C=O) groups excluding carboxylic acids is 5. The highest BCUT2D eigenvalue weighted by molar-refractivity contribution is 9.10. The predicted octanol–water partition coefficient (Wildman–Crippen LogP) is 19.3. The van der Waals surface area contributed by atoms with Gasteiger partial charge in [-0.1, -0.05) is 127 Å². The molecule has 18 rings (SSSR count). The Morgan fingerprint density at radius 3 is 0.898 bits per heavy atom. The van der Waals surface area contributed by atoms with Crippen molar-refractivity contribution in [3.63, 3.8) is 0 Å². The van der Waals surface area contributed by atoms with E-state index in [0.717, 1.165) is 236 Å². The zero-order valence-electron chi connectivity index (χ0n) is 83.3. The normalized spacial score (nSPS) is 19.3. The molecule has 0 spiro atoms. The molecule has 4 aromatic heterocycles. The van der Waals surface area contributed by atoms with Crippen LogP contribution in [-0.4, -0.2) is 242 Å². The molecule has 35 nitrogen and oxygen atoms in total. The van der Waals surface area contributed by atoms with Gasteiger partial charge in [0.2, 0.25) is 40.4 Å². The van der Waals surface area contributed by atoms with Crippen molar-refractivity contribution < 1.29 is 109 Å². The van der Waals surface area contributed by atoms with Crippen molar-refractivity contribution in [2.24, 2.45) is 0 Å². The smallest absolute Gasteiger partial charge is 0.490 e. The van der Waals surface area contributed by atoms with Gasteiger partial charge in [-0.05, 0) is 322 Å². The highest BCUT2D eigenvalue weighted by atomic mass is 79.9. The molecular weight excluding hydrogens is 1960 g/mol. The van der Waals surface area contributed by atoms with Gasteiger partial charge in [0.15, 0.2) is 0 Å². The van der Waals surface area contributed by atoms with Crippen LogP contribution in [0, 0.1) is 0 Å². The minimum absolute atomic E-state index is 0.00186. The number of halogens is 4. The third kappa shape index (κ3) is 30.2. The number of esters is 2. The average Bonchev–Trinajstić information content (AvgIpc) is 1.67. The Morgan fingerprint density at radius 1 is 0.361 bits per heavy atom. The van der Waals surface area contributed by atoms with Gasteiger partial charge in [0.25, 0.3) is 23.6 Å². The minimum atomic E-state index is -5.08. The number of carboxylic acids is 3. The lowest BCUT2D eigenvalue weighted by Crippen LogP contribution is -2.35. The molecule has 39 heteroatoms. The van der Waals surface area contributed by atoms with Crippen molar-refractivity contribution in [3.8, 4) is 40.8 Å². The number of rotatable bonds is 30. The summed E-state index contributed by atoms with van der Waals surface area (Å²) in [5, 5.41) is 60.0. The number of benzene rings is 7. The Bertz CT molecular complexity index is 6100. The Morgan fingerprint density at radius 2 is 0.633 bits per heavy atom. The number of nitrogens with zero attached hydrogens (tertiary/aromatic N) is 14. The van der Waals surface area contributed by atoms with Crippen LogP contribution in [0.15, 0.2) is 174 Å². The van der Waals surface area contributed by atoms with Crippen molar-refractivity contribution in [1.82, 2.24) is 75.1 Å². The number of hydrogen-bond acceptors (Lipinski definition) is 25. The van der Waals surface area contributed by atoms with E-state index in [4.69, 9.17) is 57.6 Å². The monoisotopic (exact) mass is 2090 g/mol. The number of aromatic carboxylic acids is 2. The van der Waals surface area contributed by atoms with E-state index in [2.05, 4.69) is 123 Å². The molecule has 7 aliphatic rings. The Labute approximate surface area is 858 Å². The summed E-state index contributed by atoms with van der Waals surface area (Å²) < 4.78 is 88.4. The summed E-state index contributed by atoms with van der Waals surface area (Å²) in [7, 11) is 4.87. The molecule has 0 unspecified atom stereocenters. The van der Waals surface area contributed by atoms with Gasteiger partial charge in [0, 0.05) is 60.4 Å². The molecule has 7 heterocycles. The maximum absolute atomic E-state index is 12.8. The second-order valence-electron chi connectivity index (χ2n) is 37.4. The van der Waals surface area contributed by atoms with E-state index in [0.29, 0.717) is 55.1 Å². The molecule has 782 valence electrons. The molecule has 7 aromatic carbocycles. The fourth-order valence-electron chi connectivity index (χ4n) is 19.5. The number of aliphatic carboxylic acids is 1. The van der Waals surface area contributed by atoms with Crippen LogP contribution >= 0.6 is 15.9 Å². The SMILES string of the molecule is CCOC(=O)c1nnn(Cc2ccc(OC)cc2)c1OC1CCC(c2ccc(Br)cc2)CC1.CCOC(=O)c1nnn(Cc2ccc(OC)cc2)c1OC1CCC(c2ccc(C(=O)N3CCCCC3)cc2)CC1.COc1ccc(Cn2nnc(C(=O)O)c2OC2CCC(c3ccc(C(=O)N4CCCCC4)cc3)CC2)cc1.O=C(O)C(F)(F)F.O=C(O)c1[nH]nnc1OC1CCC(c2ccc(C(=O)N3CCCCC3)cc2)CC1. The first-order valence-corrected chi connectivity index (χ1v) is 51.3. The number of carbonyl (C=O) groups is 8. The molecule has 147 heavy (non-hydrogen) atoms. The zero-order valence-corrected chi connectivity index (χ0v) is 84.9. The van der Waals surface area contributed by atoms with Gasteiger partial charge < -0.3 is 72.7 Å². The van der Waals surface area contributed by atoms with E-state index in [1.807, 2.05) is 124 Å². The van der Waals surface area contributed by atoms with E-state index < -0.39 is 36.0 Å². The number of piperidine rings is 3. The number of carboxylic acid groups (broad SMARTS) is 3. The average molecular weight is 2090 g/mol. The van der Waals surface area contributed by atoms with Crippen LogP contribution < -0.4 is 33.2 Å². The van der Waals surface area contributed by atoms with Gasteiger partial charge in [-0.3, -0.25) is 14.4 Å². The number of ether oxygens (including phenoxy) is 9. The Hall–Kier alpha value is -14.3. The maximum atomic E-state index is 12.8. The van der Waals surface area contributed by atoms with E-state index in [9.17, 15) is 51.8 Å². The van der Waals surface area contributed by atoms with Crippen molar-refractivity contribution >= 4 is 63.5 Å². The van der Waals surface area contributed by atoms with Crippen LogP contribution in [-0.2, 0) is 33.9 Å². The summed E-state index contributed by atoms with van der Waals surface area (Å²) in [6.07, 6.45) is 19.3. The van der Waals surface area contributed by atoms with E-state index >= 15 is 0 Å². The molecule has 3 saturated heterocycles. The molecular formula is C108H127BrF3N15O20. The van der Waals surface area contributed by atoms with E-state index in [1.54, 1.807) is 44.5 Å². The zero-order chi connectivity index (χ0) is 104. The van der Waals surface area contributed by atoms with Crippen LogP contribution in [0.25, 0.3) is 0 Å².